The van der Waals surface area contributed by atoms with Crippen molar-refractivity contribution in [1.82, 2.24) is 0 Å². The summed E-state index contributed by atoms with van der Waals surface area (Å²) in [6, 6.07) is 0. The number of aliphatic hydroxyl groups is 1. The molecule has 0 aliphatic carbocycles. The van der Waals surface area contributed by atoms with Gasteiger partial charge in [0.15, 0.2) is 0 Å². The van der Waals surface area contributed by atoms with Gasteiger partial charge in [0.25, 0.3) is 0 Å². The SMILES string of the molecule is CCOC(=O)CC(O)CCC(C)=O. The van der Waals surface area contributed by atoms with Gasteiger partial charge in [-0.25, -0.2) is 0 Å². The Hall–Kier alpha value is -0.900. The highest BCUT2D eigenvalue weighted by molar-refractivity contribution is 5.75. The number of aliphatic hydroxyl groups excluding tert-OH is 1. The van der Waals surface area contributed by atoms with Crippen LogP contribution in [0.1, 0.15) is 33.1 Å². The summed E-state index contributed by atoms with van der Waals surface area (Å²) in [5, 5.41) is 9.24. The number of ether oxygens (including phenoxy) is 1. The second kappa shape index (κ2) is 6.60. The van der Waals surface area contributed by atoms with E-state index < -0.39 is 12.1 Å². The molecular weight excluding hydrogens is 172 g/mol. The molecule has 0 radical (unpaired) electrons. The number of carbonyl (C=O) groups excluding carboxylic acids is 2. The van der Waals surface area contributed by atoms with E-state index in [4.69, 9.17) is 0 Å². The number of hydrogen-bond donors (Lipinski definition) is 1. The monoisotopic (exact) mass is 188 g/mol. The number of Topliss-reactive ketones (excluding diaryl/α,β-unsaturated/α-hetero) is 1. The molecule has 0 saturated carbocycles. The molecule has 76 valence electrons. The van der Waals surface area contributed by atoms with Crippen LogP contribution < -0.4 is 0 Å². The first-order valence-electron chi connectivity index (χ1n) is 4.39. The zero-order valence-electron chi connectivity index (χ0n) is 8.08. The van der Waals surface area contributed by atoms with Crippen LogP contribution in [0.4, 0.5) is 0 Å². The van der Waals surface area contributed by atoms with Gasteiger partial charge in [0, 0.05) is 6.42 Å². The molecule has 0 saturated heterocycles. The molecule has 0 aromatic carbocycles. The van der Waals surface area contributed by atoms with Crippen molar-refractivity contribution in [2.24, 2.45) is 0 Å². The van der Waals surface area contributed by atoms with Gasteiger partial charge in [-0.15, -0.1) is 0 Å². The average molecular weight is 188 g/mol. The molecule has 0 fully saturated rings. The molecule has 0 aromatic heterocycles. The lowest BCUT2D eigenvalue weighted by Crippen LogP contribution is -2.16. The Kier molecular flexibility index (Phi) is 6.14. The lowest BCUT2D eigenvalue weighted by molar-refractivity contribution is -0.145. The molecule has 0 rings (SSSR count). The molecule has 0 aliphatic rings. The van der Waals surface area contributed by atoms with Crippen molar-refractivity contribution in [1.29, 1.82) is 0 Å². The molecule has 1 N–H and O–H groups in total. The standard InChI is InChI=1S/C9H16O4/c1-3-13-9(12)6-8(11)5-4-7(2)10/h8,11H,3-6H2,1-2H3. The Morgan fingerprint density at radius 1 is 1.46 bits per heavy atom. The molecule has 0 amide bonds. The van der Waals surface area contributed by atoms with E-state index in [1.165, 1.54) is 6.92 Å². The first-order chi connectivity index (χ1) is 6.06. The zero-order valence-corrected chi connectivity index (χ0v) is 8.08. The largest absolute Gasteiger partial charge is 0.466 e. The van der Waals surface area contributed by atoms with Crippen molar-refractivity contribution in [3.8, 4) is 0 Å². The highest BCUT2D eigenvalue weighted by atomic mass is 16.5. The van der Waals surface area contributed by atoms with E-state index in [1.54, 1.807) is 6.92 Å². The second-order valence-corrected chi connectivity index (χ2v) is 2.90. The molecule has 1 atom stereocenters. The molecule has 0 aromatic rings. The van der Waals surface area contributed by atoms with Crippen LogP contribution in [0.2, 0.25) is 0 Å². The molecule has 0 heterocycles. The van der Waals surface area contributed by atoms with Crippen LogP contribution in [0.15, 0.2) is 0 Å². The van der Waals surface area contributed by atoms with Gasteiger partial charge in [0.1, 0.15) is 5.78 Å². The maximum Gasteiger partial charge on any atom is 0.308 e. The molecule has 0 aliphatic heterocycles. The van der Waals surface area contributed by atoms with Crippen LogP contribution in [-0.2, 0) is 14.3 Å². The number of esters is 1. The van der Waals surface area contributed by atoms with Crippen molar-refractivity contribution < 1.29 is 19.4 Å². The van der Waals surface area contributed by atoms with Gasteiger partial charge < -0.3 is 14.6 Å². The Bertz CT molecular complexity index is 176. The molecule has 0 spiro atoms. The third-order valence-corrected chi connectivity index (χ3v) is 1.54. The van der Waals surface area contributed by atoms with Crippen LogP contribution in [0.3, 0.4) is 0 Å². The lowest BCUT2D eigenvalue weighted by atomic mass is 10.1. The summed E-state index contributed by atoms with van der Waals surface area (Å²) < 4.78 is 4.64. The summed E-state index contributed by atoms with van der Waals surface area (Å²) >= 11 is 0. The number of rotatable bonds is 6. The maximum atomic E-state index is 10.8. The van der Waals surface area contributed by atoms with E-state index in [2.05, 4.69) is 4.74 Å². The molecule has 4 nitrogen and oxygen atoms in total. The molecule has 1 unspecified atom stereocenters. The van der Waals surface area contributed by atoms with Gasteiger partial charge in [-0.1, -0.05) is 0 Å². The Morgan fingerprint density at radius 2 is 2.08 bits per heavy atom. The van der Waals surface area contributed by atoms with Crippen molar-refractivity contribution in [2.75, 3.05) is 6.61 Å². The first-order valence-corrected chi connectivity index (χ1v) is 4.39. The zero-order chi connectivity index (χ0) is 10.3. The molecule has 4 heteroatoms. The van der Waals surface area contributed by atoms with E-state index in [0.717, 1.165) is 0 Å². The number of ketones is 1. The predicted molar refractivity (Wildman–Crippen MR) is 47.2 cm³/mol. The smallest absolute Gasteiger partial charge is 0.308 e. The third kappa shape index (κ3) is 7.46. The Morgan fingerprint density at radius 3 is 2.54 bits per heavy atom. The molecular formula is C9H16O4. The third-order valence-electron chi connectivity index (χ3n) is 1.54. The van der Waals surface area contributed by atoms with Crippen LogP contribution in [0.25, 0.3) is 0 Å². The van der Waals surface area contributed by atoms with Crippen LogP contribution in [0.5, 0.6) is 0 Å². The van der Waals surface area contributed by atoms with Gasteiger partial charge >= 0.3 is 5.97 Å². The number of hydrogen-bond acceptors (Lipinski definition) is 4. The lowest BCUT2D eigenvalue weighted by Gasteiger charge is -2.07. The summed E-state index contributed by atoms with van der Waals surface area (Å²) in [5.74, 6) is -0.401. The highest BCUT2D eigenvalue weighted by Crippen LogP contribution is 2.03. The molecule has 13 heavy (non-hydrogen) atoms. The Balaban J connectivity index is 3.55. The first kappa shape index (κ1) is 12.1. The fraction of sp³-hybridized carbons (Fsp3) is 0.778. The van der Waals surface area contributed by atoms with Crippen LogP contribution in [-0.4, -0.2) is 29.6 Å². The van der Waals surface area contributed by atoms with E-state index in [0.29, 0.717) is 19.4 Å². The van der Waals surface area contributed by atoms with Gasteiger partial charge in [0.2, 0.25) is 0 Å². The van der Waals surface area contributed by atoms with Crippen LogP contribution >= 0.6 is 0 Å². The normalized spacial score (nSPS) is 12.2. The van der Waals surface area contributed by atoms with E-state index in [-0.39, 0.29) is 12.2 Å². The average Bonchev–Trinajstić information content (AvgIpc) is 2.01. The summed E-state index contributed by atoms with van der Waals surface area (Å²) in [7, 11) is 0. The summed E-state index contributed by atoms with van der Waals surface area (Å²) in [6.07, 6.45) is -0.154. The van der Waals surface area contributed by atoms with Crippen molar-refractivity contribution in [2.45, 2.75) is 39.2 Å². The summed E-state index contributed by atoms with van der Waals surface area (Å²) in [5.41, 5.74) is 0. The van der Waals surface area contributed by atoms with E-state index in [1.807, 2.05) is 0 Å². The van der Waals surface area contributed by atoms with Gasteiger partial charge in [-0.2, -0.15) is 0 Å². The van der Waals surface area contributed by atoms with Gasteiger partial charge in [0.05, 0.1) is 19.1 Å². The van der Waals surface area contributed by atoms with Gasteiger partial charge in [-0.05, 0) is 20.3 Å². The van der Waals surface area contributed by atoms with Crippen LogP contribution in [0, 0.1) is 0 Å². The topological polar surface area (TPSA) is 63.6 Å². The maximum absolute atomic E-state index is 10.8. The fourth-order valence-electron chi connectivity index (χ4n) is 0.884. The minimum atomic E-state index is -0.761. The fourth-order valence-corrected chi connectivity index (χ4v) is 0.884. The van der Waals surface area contributed by atoms with Crippen molar-refractivity contribution >= 4 is 11.8 Å². The molecule has 0 bridgehead atoms. The minimum absolute atomic E-state index is 0.0166. The number of carbonyl (C=O) groups is 2. The predicted octanol–water partition coefficient (Wildman–Crippen LogP) is 0.670. The van der Waals surface area contributed by atoms with E-state index in [9.17, 15) is 14.7 Å². The quantitative estimate of drug-likeness (QED) is 0.622. The highest BCUT2D eigenvalue weighted by Gasteiger charge is 2.11. The summed E-state index contributed by atoms with van der Waals surface area (Å²) in [6.45, 7) is 3.48. The second-order valence-electron chi connectivity index (χ2n) is 2.90. The Labute approximate surface area is 77.9 Å². The van der Waals surface area contributed by atoms with Crippen molar-refractivity contribution in [3.63, 3.8) is 0 Å². The minimum Gasteiger partial charge on any atom is -0.466 e. The summed E-state index contributed by atoms with van der Waals surface area (Å²) in [4.78, 5) is 21.4. The van der Waals surface area contributed by atoms with Gasteiger partial charge in [-0.3, -0.25) is 4.79 Å². The van der Waals surface area contributed by atoms with E-state index >= 15 is 0 Å². The van der Waals surface area contributed by atoms with Crippen molar-refractivity contribution in [3.05, 3.63) is 0 Å².